The van der Waals surface area contributed by atoms with Crippen molar-refractivity contribution < 1.29 is 14.8 Å². The molecule has 20 heavy (non-hydrogen) atoms. The molecule has 0 aliphatic heterocycles. The summed E-state index contributed by atoms with van der Waals surface area (Å²) in [5.74, 6) is 0.357. The molecule has 0 amide bonds. The molecule has 0 aliphatic carbocycles. The van der Waals surface area contributed by atoms with Crippen molar-refractivity contribution in [2.24, 2.45) is 7.05 Å². The zero-order valence-electron chi connectivity index (χ0n) is 10.8. The van der Waals surface area contributed by atoms with Crippen molar-refractivity contribution in [1.82, 2.24) is 9.78 Å². The number of hydrogen-bond donors (Lipinski definition) is 1. The number of para-hydroxylation sites is 1. The van der Waals surface area contributed by atoms with Crippen molar-refractivity contribution in [2.75, 3.05) is 0 Å². The fourth-order valence-electron chi connectivity index (χ4n) is 1.83. The van der Waals surface area contributed by atoms with Crippen LogP contribution in [0.25, 0.3) is 0 Å². The molecule has 0 radical (unpaired) electrons. The van der Waals surface area contributed by atoms with E-state index in [1.54, 1.807) is 26.1 Å². The van der Waals surface area contributed by atoms with Gasteiger partial charge in [-0.05, 0) is 28.9 Å². The first-order chi connectivity index (χ1) is 9.45. The molecule has 2 aromatic rings. The second-order valence-electron chi connectivity index (χ2n) is 4.10. The first kappa shape index (κ1) is 14.5. The van der Waals surface area contributed by atoms with E-state index in [9.17, 15) is 15.2 Å². The van der Waals surface area contributed by atoms with Gasteiger partial charge in [0.15, 0.2) is 0 Å². The molecule has 1 aromatic heterocycles. The molecule has 0 spiro atoms. The second-order valence-corrected chi connectivity index (χ2v) is 4.95. The molecular formula is C12H12BrN3O4. The van der Waals surface area contributed by atoms with Crippen LogP contribution in [0.2, 0.25) is 0 Å². The van der Waals surface area contributed by atoms with Gasteiger partial charge in [-0.25, -0.2) is 4.68 Å². The fourth-order valence-corrected chi connectivity index (χ4v) is 2.27. The number of nitro groups is 1. The molecule has 1 heterocycles. The summed E-state index contributed by atoms with van der Waals surface area (Å²) in [5, 5.41) is 24.5. The molecule has 0 aliphatic rings. The van der Waals surface area contributed by atoms with E-state index in [0.29, 0.717) is 15.7 Å². The molecule has 0 saturated heterocycles. The number of benzene rings is 1. The van der Waals surface area contributed by atoms with Gasteiger partial charge in [0.1, 0.15) is 0 Å². The highest BCUT2D eigenvalue weighted by atomic mass is 79.9. The number of halogens is 1. The zero-order chi connectivity index (χ0) is 14.9. The predicted molar refractivity (Wildman–Crippen MR) is 74.7 cm³/mol. The van der Waals surface area contributed by atoms with Crippen LogP contribution in [-0.4, -0.2) is 19.8 Å². The minimum atomic E-state index is -0.526. The lowest BCUT2D eigenvalue weighted by Gasteiger charge is -2.09. The van der Waals surface area contributed by atoms with Crippen molar-refractivity contribution in [3.8, 4) is 11.6 Å². The van der Waals surface area contributed by atoms with E-state index < -0.39 is 4.92 Å². The van der Waals surface area contributed by atoms with Crippen molar-refractivity contribution in [2.45, 2.75) is 13.5 Å². The summed E-state index contributed by atoms with van der Waals surface area (Å²) >= 11 is 3.23. The monoisotopic (exact) mass is 341 g/mol. The molecule has 0 atom stereocenters. The molecule has 0 bridgehead atoms. The highest BCUT2D eigenvalue weighted by Crippen LogP contribution is 2.39. The number of ether oxygens (including phenoxy) is 1. The lowest BCUT2D eigenvalue weighted by molar-refractivity contribution is -0.385. The Morgan fingerprint density at radius 3 is 2.85 bits per heavy atom. The van der Waals surface area contributed by atoms with Gasteiger partial charge in [-0.1, -0.05) is 6.07 Å². The standard InChI is InChI=1S/C12H12BrN3O4/c1-7-8(6-17)12(15(2)14-7)20-11-9(13)4-3-5-10(11)16(18)19/h3-5,17H,6H2,1-2H3. The van der Waals surface area contributed by atoms with Gasteiger partial charge in [0.2, 0.25) is 11.6 Å². The first-order valence-corrected chi connectivity index (χ1v) is 6.49. The number of aliphatic hydroxyl groups is 1. The molecule has 0 fully saturated rings. The van der Waals surface area contributed by atoms with Gasteiger partial charge in [0.25, 0.3) is 0 Å². The average Bonchev–Trinajstić information content (AvgIpc) is 2.65. The van der Waals surface area contributed by atoms with Gasteiger partial charge in [-0.15, -0.1) is 0 Å². The zero-order valence-corrected chi connectivity index (χ0v) is 12.4. The second kappa shape index (κ2) is 5.59. The quantitative estimate of drug-likeness (QED) is 0.681. The Labute approximate surface area is 123 Å². The van der Waals surface area contributed by atoms with Crippen LogP contribution in [0.1, 0.15) is 11.3 Å². The van der Waals surface area contributed by atoms with Crippen molar-refractivity contribution >= 4 is 21.6 Å². The van der Waals surface area contributed by atoms with E-state index in [4.69, 9.17) is 4.74 Å². The molecule has 1 aromatic carbocycles. The summed E-state index contributed by atoms with van der Waals surface area (Å²) in [7, 11) is 1.64. The summed E-state index contributed by atoms with van der Waals surface area (Å²) in [6.45, 7) is 1.47. The molecular weight excluding hydrogens is 330 g/mol. The predicted octanol–water partition coefficient (Wildman–Crippen LogP) is 2.68. The van der Waals surface area contributed by atoms with Crippen LogP contribution < -0.4 is 4.74 Å². The summed E-state index contributed by atoms with van der Waals surface area (Å²) < 4.78 is 7.51. The lowest BCUT2D eigenvalue weighted by atomic mass is 10.2. The topological polar surface area (TPSA) is 90.4 Å². The molecule has 1 N–H and O–H groups in total. The van der Waals surface area contributed by atoms with Crippen LogP contribution in [0.5, 0.6) is 11.6 Å². The summed E-state index contributed by atoms with van der Waals surface area (Å²) in [5.41, 5.74) is 0.944. The molecule has 7 nitrogen and oxygen atoms in total. The van der Waals surface area contributed by atoms with Crippen LogP contribution in [-0.2, 0) is 13.7 Å². The van der Waals surface area contributed by atoms with E-state index in [1.165, 1.54) is 10.7 Å². The van der Waals surface area contributed by atoms with Gasteiger partial charge >= 0.3 is 5.69 Å². The highest BCUT2D eigenvalue weighted by molar-refractivity contribution is 9.10. The van der Waals surface area contributed by atoms with E-state index in [0.717, 1.165) is 0 Å². The molecule has 8 heteroatoms. The number of nitro benzene ring substituents is 1. The molecule has 106 valence electrons. The third-order valence-corrected chi connectivity index (χ3v) is 3.41. The molecule has 0 unspecified atom stereocenters. The Balaban J connectivity index is 2.53. The number of nitrogens with zero attached hydrogens (tertiary/aromatic N) is 3. The van der Waals surface area contributed by atoms with Crippen LogP contribution in [0.3, 0.4) is 0 Å². The largest absolute Gasteiger partial charge is 0.430 e. The third kappa shape index (κ3) is 2.52. The summed E-state index contributed by atoms with van der Waals surface area (Å²) in [6.07, 6.45) is 0. The van der Waals surface area contributed by atoms with E-state index in [1.807, 2.05) is 0 Å². The Bertz CT molecular complexity index is 669. The fraction of sp³-hybridized carbons (Fsp3) is 0.250. The van der Waals surface area contributed by atoms with E-state index >= 15 is 0 Å². The van der Waals surface area contributed by atoms with E-state index in [-0.39, 0.29) is 23.9 Å². The van der Waals surface area contributed by atoms with Crippen molar-refractivity contribution in [3.63, 3.8) is 0 Å². The van der Waals surface area contributed by atoms with Gasteiger partial charge in [-0.3, -0.25) is 10.1 Å². The smallest absolute Gasteiger partial charge is 0.312 e. The van der Waals surface area contributed by atoms with Gasteiger partial charge < -0.3 is 9.84 Å². The van der Waals surface area contributed by atoms with Crippen LogP contribution >= 0.6 is 15.9 Å². The normalized spacial score (nSPS) is 10.6. The SMILES string of the molecule is Cc1nn(C)c(Oc2c(Br)cccc2[N+](=O)[O-])c1CO. The summed E-state index contributed by atoms with van der Waals surface area (Å²) in [6, 6.07) is 4.54. The minimum Gasteiger partial charge on any atom is -0.430 e. The van der Waals surface area contributed by atoms with Crippen molar-refractivity contribution in [3.05, 3.63) is 44.0 Å². The Morgan fingerprint density at radius 1 is 1.55 bits per heavy atom. The molecule has 2 rings (SSSR count). The van der Waals surface area contributed by atoms with Crippen LogP contribution in [0, 0.1) is 17.0 Å². The first-order valence-electron chi connectivity index (χ1n) is 5.69. The number of aromatic nitrogens is 2. The number of hydrogen-bond acceptors (Lipinski definition) is 5. The van der Waals surface area contributed by atoms with Crippen LogP contribution in [0.15, 0.2) is 22.7 Å². The maximum Gasteiger partial charge on any atom is 0.312 e. The Kier molecular flexibility index (Phi) is 4.05. The maximum atomic E-state index is 11.0. The van der Waals surface area contributed by atoms with Gasteiger partial charge in [0, 0.05) is 13.1 Å². The van der Waals surface area contributed by atoms with E-state index in [2.05, 4.69) is 21.0 Å². The number of aliphatic hydroxyl groups excluding tert-OH is 1. The van der Waals surface area contributed by atoms with Crippen LogP contribution in [0.4, 0.5) is 5.69 Å². The summed E-state index contributed by atoms with van der Waals surface area (Å²) in [4.78, 5) is 10.5. The highest BCUT2D eigenvalue weighted by Gasteiger charge is 2.22. The van der Waals surface area contributed by atoms with Gasteiger partial charge in [-0.2, -0.15) is 5.10 Å². The maximum absolute atomic E-state index is 11.0. The average molecular weight is 342 g/mol. The number of aryl methyl sites for hydroxylation is 2. The van der Waals surface area contributed by atoms with Crippen molar-refractivity contribution in [1.29, 1.82) is 0 Å². The number of rotatable bonds is 4. The molecule has 0 saturated carbocycles. The Hall–Kier alpha value is -1.93. The third-order valence-electron chi connectivity index (χ3n) is 2.79. The lowest BCUT2D eigenvalue weighted by Crippen LogP contribution is -2.00. The van der Waals surface area contributed by atoms with Gasteiger partial charge in [0.05, 0.1) is 27.3 Å². The Morgan fingerprint density at radius 2 is 2.25 bits per heavy atom. The minimum absolute atomic E-state index is 0.0789.